The summed E-state index contributed by atoms with van der Waals surface area (Å²) in [4.78, 5) is 38.3. The maximum Gasteiger partial charge on any atom is 0.322 e. The maximum absolute atomic E-state index is 12.6. The summed E-state index contributed by atoms with van der Waals surface area (Å²) in [6.07, 6.45) is 0.371. The van der Waals surface area contributed by atoms with E-state index < -0.39 is 12.1 Å². The number of nitrogens with zero attached hydrogens (tertiary/aromatic N) is 2. The molecule has 1 aliphatic rings. The molecule has 1 aromatic carbocycles. The lowest BCUT2D eigenvalue weighted by atomic mass is 10.2. The Balaban J connectivity index is 1.76. The van der Waals surface area contributed by atoms with E-state index in [1.165, 1.54) is 5.56 Å². The Morgan fingerprint density at radius 1 is 1.15 bits per heavy atom. The van der Waals surface area contributed by atoms with Gasteiger partial charge in [-0.2, -0.15) is 0 Å². The maximum atomic E-state index is 12.6. The van der Waals surface area contributed by atoms with Gasteiger partial charge in [-0.3, -0.25) is 19.3 Å². The Hall–Kier alpha value is -2.61. The number of carboxylic acids is 1. The second kappa shape index (κ2) is 9.91. The van der Waals surface area contributed by atoms with Crippen LogP contribution in [0.15, 0.2) is 24.3 Å². The summed E-state index contributed by atoms with van der Waals surface area (Å²) >= 11 is 0. The number of hydrogen-bond donors (Lipinski definition) is 2. The van der Waals surface area contributed by atoms with Crippen LogP contribution in [0.2, 0.25) is 0 Å². The van der Waals surface area contributed by atoms with Crippen molar-refractivity contribution in [2.45, 2.75) is 26.4 Å². The van der Waals surface area contributed by atoms with Gasteiger partial charge in [-0.15, -0.1) is 0 Å². The van der Waals surface area contributed by atoms with Crippen LogP contribution < -0.4 is 10.1 Å². The lowest BCUT2D eigenvalue weighted by Crippen LogP contribution is -2.53. The molecule has 0 bridgehead atoms. The number of rotatable bonds is 8. The highest BCUT2D eigenvalue weighted by Gasteiger charge is 2.26. The topological polar surface area (TPSA) is 99.2 Å². The van der Waals surface area contributed by atoms with Crippen LogP contribution in [0.1, 0.15) is 19.4 Å². The first kappa shape index (κ1) is 20.7. The van der Waals surface area contributed by atoms with Crippen LogP contribution in [-0.2, 0) is 20.8 Å². The van der Waals surface area contributed by atoms with E-state index in [1.54, 1.807) is 11.8 Å². The number of piperazine rings is 1. The number of carboxylic acid groups (broad SMARTS) is 1. The normalized spacial score (nSPS) is 15.9. The number of aryl methyl sites for hydroxylation is 1. The Morgan fingerprint density at radius 2 is 1.78 bits per heavy atom. The average molecular weight is 377 g/mol. The number of carbonyl (C=O) groups excluding carboxylic acids is 2. The third-order valence-electron chi connectivity index (χ3n) is 4.48. The van der Waals surface area contributed by atoms with Crippen molar-refractivity contribution < 1.29 is 24.2 Å². The van der Waals surface area contributed by atoms with E-state index in [9.17, 15) is 14.4 Å². The van der Waals surface area contributed by atoms with Gasteiger partial charge in [0, 0.05) is 26.2 Å². The zero-order chi connectivity index (χ0) is 19.8. The Labute approximate surface area is 159 Å². The molecule has 1 aromatic rings. The van der Waals surface area contributed by atoms with Crippen LogP contribution in [0, 0.1) is 0 Å². The van der Waals surface area contributed by atoms with Crippen LogP contribution >= 0.6 is 0 Å². The predicted octanol–water partition coefficient (Wildman–Crippen LogP) is 0.361. The molecule has 1 aliphatic heterocycles. The Bertz CT molecular complexity index is 654. The standard InChI is InChI=1S/C19H27N3O5/c1-3-15-4-6-16(7-5-15)27-14(2)19(26)22-10-8-21(9-11-22)13-17(23)20-12-18(24)25/h4-7,14H,3,8-13H2,1-2H3,(H,20,23)(H,24,25). The number of aliphatic carboxylic acids is 1. The summed E-state index contributed by atoms with van der Waals surface area (Å²) in [5.74, 6) is -0.812. The van der Waals surface area contributed by atoms with Crippen molar-refractivity contribution >= 4 is 17.8 Å². The van der Waals surface area contributed by atoms with Crippen LogP contribution in [0.3, 0.4) is 0 Å². The van der Waals surface area contributed by atoms with Crippen molar-refractivity contribution in [3.8, 4) is 5.75 Å². The predicted molar refractivity (Wildman–Crippen MR) is 99.6 cm³/mol. The molecule has 1 atom stereocenters. The van der Waals surface area contributed by atoms with Crippen LogP contribution in [0.5, 0.6) is 5.75 Å². The van der Waals surface area contributed by atoms with Gasteiger partial charge in [0.1, 0.15) is 12.3 Å². The molecule has 0 spiro atoms. The summed E-state index contributed by atoms with van der Waals surface area (Å²) in [5.41, 5.74) is 1.21. The summed E-state index contributed by atoms with van der Waals surface area (Å²) in [5, 5.41) is 10.9. The summed E-state index contributed by atoms with van der Waals surface area (Å²) in [6, 6.07) is 7.72. The second-order valence-electron chi connectivity index (χ2n) is 6.53. The molecule has 2 N–H and O–H groups in total. The summed E-state index contributed by atoms with van der Waals surface area (Å²) < 4.78 is 5.75. The van der Waals surface area contributed by atoms with Crippen LogP contribution in [0.4, 0.5) is 0 Å². The van der Waals surface area contributed by atoms with Gasteiger partial charge in [-0.25, -0.2) is 0 Å². The lowest BCUT2D eigenvalue weighted by Gasteiger charge is -2.35. The molecule has 8 nitrogen and oxygen atoms in total. The molecule has 2 amide bonds. The largest absolute Gasteiger partial charge is 0.481 e. The minimum atomic E-state index is -1.07. The van der Waals surface area contributed by atoms with E-state index in [2.05, 4.69) is 12.2 Å². The number of carbonyl (C=O) groups is 3. The Morgan fingerprint density at radius 3 is 2.33 bits per heavy atom. The Kier molecular flexibility index (Phi) is 7.60. The summed E-state index contributed by atoms with van der Waals surface area (Å²) in [7, 11) is 0. The molecule has 0 aliphatic carbocycles. The highest BCUT2D eigenvalue weighted by Crippen LogP contribution is 2.15. The summed E-state index contributed by atoms with van der Waals surface area (Å²) in [6.45, 7) is 5.70. The molecule has 2 rings (SSSR count). The zero-order valence-corrected chi connectivity index (χ0v) is 15.8. The van der Waals surface area contributed by atoms with Crippen LogP contribution in [-0.4, -0.2) is 78.1 Å². The third-order valence-corrected chi connectivity index (χ3v) is 4.48. The van der Waals surface area contributed by atoms with E-state index in [0.717, 1.165) is 6.42 Å². The fraction of sp³-hybridized carbons (Fsp3) is 0.526. The van der Waals surface area contributed by atoms with Crippen LogP contribution in [0.25, 0.3) is 0 Å². The average Bonchev–Trinajstić information content (AvgIpc) is 2.67. The molecule has 0 aromatic heterocycles. The second-order valence-corrected chi connectivity index (χ2v) is 6.53. The number of amides is 2. The SMILES string of the molecule is CCc1ccc(OC(C)C(=O)N2CCN(CC(=O)NCC(=O)O)CC2)cc1. The highest BCUT2D eigenvalue weighted by atomic mass is 16.5. The minimum absolute atomic E-state index is 0.0791. The number of hydrogen-bond acceptors (Lipinski definition) is 5. The molecule has 0 radical (unpaired) electrons. The fourth-order valence-corrected chi connectivity index (χ4v) is 2.87. The van der Waals surface area contributed by atoms with Gasteiger partial charge in [0.05, 0.1) is 6.54 Å². The zero-order valence-electron chi connectivity index (χ0n) is 15.8. The van der Waals surface area contributed by atoms with E-state index in [1.807, 2.05) is 29.2 Å². The molecular weight excluding hydrogens is 350 g/mol. The molecule has 27 heavy (non-hydrogen) atoms. The van der Waals surface area contributed by atoms with Gasteiger partial charge in [0.25, 0.3) is 5.91 Å². The van der Waals surface area contributed by atoms with Gasteiger partial charge in [-0.1, -0.05) is 19.1 Å². The first-order chi connectivity index (χ1) is 12.9. The van der Waals surface area contributed by atoms with E-state index in [4.69, 9.17) is 9.84 Å². The number of benzene rings is 1. The molecule has 1 heterocycles. The molecule has 1 saturated heterocycles. The van der Waals surface area contributed by atoms with Gasteiger partial charge in [-0.05, 0) is 31.0 Å². The van der Waals surface area contributed by atoms with E-state index >= 15 is 0 Å². The minimum Gasteiger partial charge on any atom is -0.481 e. The highest BCUT2D eigenvalue weighted by molar-refractivity contribution is 5.83. The molecule has 1 fully saturated rings. The molecule has 148 valence electrons. The molecule has 0 saturated carbocycles. The van der Waals surface area contributed by atoms with E-state index in [-0.39, 0.29) is 24.9 Å². The van der Waals surface area contributed by atoms with Crippen molar-refractivity contribution in [1.82, 2.24) is 15.1 Å². The van der Waals surface area contributed by atoms with Crippen molar-refractivity contribution in [3.63, 3.8) is 0 Å². The monoisotopic (exact) mass is 377 g/mol. The van der Waals surface area contributed by atoms with Crippen molar-refractivity contribution in [2.24, 2.45) is 0 Å². The molecule has 1 unspecified atom stereocenters. The third kappa shape index (κ3) is 6.56. The van der Waals surface area contributed by atoms with E-state index in [0.29, 0.717) is 31.9 Å². The lowest BCUT2D eigenvalue weighted by molar-refractivity contribution is -0.140. The number of ether oxygens (including phenoxy) is 1. The number of nitrogens with one attached hydrogen (secondary N) is 1. The molecule has 8 heteroatoms. The van der Waals surface area contributed by atoms with Crippen molar-refractivity contribution in [1.29, 1.82) is 0 Å². The smallest absolute Gasteiger partial charge is 0.322 e. The van der Waals surface area contributed by atoms with Gasteiger partial charge >= 0.3 is 5.97 Å². The fourth-order valence-electron chi connectivity index (χ4n) is 2.87. The van der Waals surface area contributed by atoms with Gasteiger partial charge < -0.3 is 20.1 Å². The first-order valence-electron chi connectivity index (χ1n) is 9.14. The van der Waals surface area contributed by atoms with Gasteiger partial charge in [0.2, 0.25) is 5.91 Å². The van der Waals surface area contributed by atoms with Crippen molar-refractivity contribution in [3.05, 3.63) is 29.8 Å². The first-order valence-corrected chi connectivity index (χ1v) is 9.14. The molecular formula is C19H27N3O5. The van der Waals surface area contributed by atoms with Gasteiger partial charge in [0.15, 0.2) is 6.10 Å². The van der Waals surface area contributed by atoms with Crippen molar-refractivity contribution in [2.75, 3.05) is 39.3 Å². The quantitative estimate of drug-likeness (QED) is 0.679.